The van der Waals surface area contributed by atoms with Gasteiger partial charge in [-0.2, -0.15) is 8.57 Å². The standard InChI is InChI=1S/C7H16N6O2P2S/c8-16(9,14)12-18-13(17(10,11)15)6-7-4-2-1-3-5-7/h1-5H,6H2,(H4,10,11,15)(H5,8,9,12,14). The molecule has 1 rings (SSSR count). The molecule has 11 heteroatoms. The van der Waals surface area contributed by atoms with E-state index in [0.29, 0.717) is 12.1 Å². The fourth-order valence-corrected chi connectivity index (χ4v) is 3.38. The predicted octanol–water partition coefficient (Wildman–Crippen LogP) is 0.692. The Balaban J connectivity index is 2.75. The van der Waals surface area contributed by atoms with Crippen LogP contribution in [0.3, 0.4) is 0 Å². The summed E-state index contributed by atoms with van der Waals surface area (Å²) in [4.78, 5) is 0. The summed E-state index contributed by atoms with van der Waals surface area (Å²) in [5, 5.41) is 0. The van der Waals surface area contributed by atoms with Gasteiger partial charge in [0.2, 0.25) is 0 Å². The molecule has 0 aliphatic heterocycles. The molecule has 0 aliphatic rings. The quantitative estimate of drug-likeness (QED) is 0.377. The number of benzene rings is 1. The molecule has 8 nitrogen and oxygen atoms in total. The van der Waals surface area contributed by atoms with E-state index in [1.54, 1.807) is 0 Å². The van der Waals surface area contributed by atoms with Gasteiger partial charge in [0.1, 0.15) is 0 Å². The molecule has 0 radical (unpaired) electrons. The molecule has 1 aromatic carbocycles. The van der Waals surface area contributed by atoms with E-state index in [0.717, 1.165) is 9.64 Å². The maximum atomic E-state index is 11.7. The first-order valence-electron chi connectivity index (χ1n) is 4.79. The Morgan fingerprint density at radius 2 is 1.67 bits per heavy atom. The highest BCUT2D eigenvalue weighted by atomic mass is 32.2. The van der Waals surface area contributed by atoms with Crippen LogP contribution in [0.2, 0.25) is 0 Å². The van der Waals surface area contributed by atoms with Gasteiger partial charge in [0.25, 0.3) is 15.2 Å². The maximum absolute atomic E-state index is 11.7. The molecule has 0 aromatic heterocycles. The Morgan fingerprint density at radius 3 is 2.11 bits per heavy atom. The molecule has 0 amide bonds. The second-order valence-corrected chi connectivity index (χ2v) is 8.43. The van der Waals surface area contributed by atoms with Crippen LogP contribution in [-0.2, 0) is 15.7 Å². The summed E-state index contributed by atoms with van der Waals surface area (Å²) in [6, 6.07) is 9.11. The highest BCUT2D eigenvalue weighted by molar-refractivity contribution is 8.04. The summed E-state index contributed by atoms with van der Waals surface area (Å²) in [5.41, 5.74) is 21.9. The van der Waals surface area contributed by atoms with E-state index < -0.39 is 15.2 Å². The highest BCUT2D eigenvalue weighted by Crippen LogP contribution is 2.41. The molecule has 9 N–H and O–H groups in total. The summed E-state index contributed by atoms with van der Waals surface area (Å²) >= 11 is 0.687. The first-order chi connectivity index (χ1) is 8.18. The van der Waals surface area contributed by atoms with Gasteiger partial charge in [-0.3, -0.25) is 31.1 Å². The van der Waals surface area contributed by atoms with Crippen molar-refractivity contribution in [2.24, 2.45) is 22.0 Å². The van der Waals surface area contributed by atoms with Gasteiger partial charge < -0.3 is 0 Å². The molecule has 18 heavy (non-hydrogen) atoms. The van der Waals surface area contributed by atoms with Crippen LogP contribution in [0.15, 0.2) is 30.3 Å². The van der Waals surface area contributed by atoms with Crippen molar-refractivity contribution in [2.45, 2.75) is 6.54 Å². The van der Waals surface area contributed by atoms with Crippen LogP contribution in [-0.4, -0.2) is 4.08 Å². The maximum Gasteiger partial charge on any atom is 0.287 e. The van der Waals surface area contributed by atoms with Crippen molar-refractivity contribution >= 4 is 27.3 Å². The van der Waals surface area contributed by atoms with Crippen molar-refractivity contribution in [3.05, 3.63) is 35.9 Å². The Kier molecular flexibility index (Phi) is 5.54. The zero-order valence-electron chi connectivity index (χ0n) is 9.47. The van der Waals surface area contributed by atoms with Crippen molar-refractivity contribution < 1.29 is 9.13 Å². The second kappa shape index (κ2) is 6.29. The van der Waals surface area contributed by atoms with Crippen molar-refractivity contribution in [1.29, 1.82) is 0 Å². The summed E-state index contributed by atoms with van der Waals surface area (Å²) in [5.74, 6) is 0. The first-order valence-corrected chi connectivity index (χ1v) is 9.21. The van der Waals surface area contributed by atoms with Crippen LogP contribution in [0.25, 0.3) is 0 Å². The van der Waals surface area contributed by atoms with E-state index in [4.69, 9.17) is 22.0 Å². The zero-order valence-corrected chi connectivity index (χ0v) is 12.1. The number of nitrogens with one attached hydrogen (secondary N) is 1. The van der Waals surface area contributed by atoms with Crippen molar-refractivity contribution in [2.75, 3.05) is 0 Å². The minimum Gasteiger partial charge on any atom is -0.271 e. The Morgan fingerprint density at radius 1 is 1.11 bits per heavy atom. The van der Waals surface area contributed by atoms with Crippen molar-refractivity contribution in [3.8, 4) is 0 Å². The monoisotopic (exact) mass is 310 g/mol. The molecule has 0 atom stereocenters. The summed E-state index contributed by atoms with van der Waals surface area (Å²) in [6.07, 6.45) is 0. The fourth-order valence-electron chi connectivity index (χ4n) is 1.06. The normalized spacial score (nSPS) is 12.9. The minimum absolute atomic E-state index is 0.197. The van der Waals surface area contributed by atoms with Crippen LogP contribution >= 0.6 is 27.3 Å². The molecule has 0 spiro atoms. The van der Waals surface area contributed by atoms with E-state index in [1.165, 1.54) is 0 Å². The van der Waals surface area contributed by atoms with E-state index >= 15 is 0 Å². The average molecular weight is 310 g/mol. The molecule has 0 bridgehead atoms. The van der Waals surface area contributed by atoms with Crippen molar-refractivity contribution in [1.82, 2.24) is 8.57 Å². The Hall–Kier alpha value is -0.210. The smallest absolute Gasteiger partial charge is 0.271 e. The molecular formula is C7H16N6O2P2S. The van der Waals surface area contributed by atoms with Crippen LogP contribution < -0.4 is 26.5 Å². The number of rotatable bonds is 6. The van der Waals surface area contributed by atoms with Gasteiger partial charge in [0.05, 0.1) is 0 Å². The van der Waals surface area contributed by atoms with E-state index in [-0.39, 0.29) is 6.54 Å². The topological polar surface area (TPSA) is 153 Å². The van der Waals surface area contributed by atoms with Gasteiger partial charge in [-0.1, -0.05) is 30.3 Å². The number of nitrogens with zero attached hydrogens (tertiary/aromatic N) is 1. The van der Waals surface area contributed by atoms with E-state index in [9.17, 15) is 9.13 Å². The van der Waals surface area contributed by atoms with Crippen LogP contribution in [0.1, 0.15) is 5.56 Å². The molecule has 0 saturated heterocycles. The molecule has 1 aromatic rings. The molecule has 0 heterocycles. The van der Waals surface area contributed by atoms with Crippen LogP contribution in [0.4, 0.5) is 0 Å². The molecule has 0 fully saturated rings. The van der Waals surface area contributed by atoms with Crippen LogP contribution in [0.5, 0.6) is 0 Å². The predicted molar refractivity (Wildman–Crippen MR) is 74.7 cm³/mol. The van der Waals surface area contributed by atoms with Gasteiger partial charge in [-0.05, 0) is 5.56 Å². The van der Waals surface area contributed by atoms with E-state index in [2.05, 4.69) is 4.49 Å². The largest absolute Gasteiger partial charge is 0.287 e. The molecule has 0 saturated carbocycles. The SMILES string of the molecule is NP(N)(=O)NSN(Cc1ccccc1)P(N)(N)=O. The van der Waals surface area contributed by atoms with E-state index in [1.807, 2.05) is 30.3 Å². The Bertz CT molecular complexity index is 474. The molecule has 0 unspecified atom stereocenters. The lowest BCUT2D eigenvalue weighted by Crippen LogP contribution is -2.27. The summed E-state index contributed by atoms with van der Waals surface area (Å²) in [7, 11) is -6.98. The third kappa shape index (κ3) is 6.10. The number of nitrogens with two attached hydrogens (primary N) is 4. The highest BCUT2D eigenvalue weighted by Gasteiger charge is 2.24. The van der Waals surface area contributed by atoms with Crippen LogP contribution in [0, 0.1) is 0 Å². The molecule has 0 aliphatic carbocycles. The first kappa shape index (κ1) is 15.8. The number of hydrogen-bond donors (Lipinski definition) is 5. The summed E-state index contributed by atoms with van der Waals surface area (Å²) in [6.45, 7) is 0.197. The van der Waals surface area contributed by atoms with Gasteiger partial charge in [0.15, 0.2) is 0 Å². The third-order valence-electron chi connectivity index (χ3n) is 1.80. The third-order valence-corrected chi connectivity index (χ3v) is 5.46. The van der Waals surface area contributed by atoms with Gasteiger partial charge in [-0.25, -0.2) is 0 Å². The van der Waals surface area contributed by atoms with Crippen molar-refractivity contribution in [3.63, 3.8) is 0 Å². The van der Waals surface area contributed by atoms with Gasteiger partial charge >= 0.3 is 0 Å². The van der Waals surface area contributed by atoms with Gasteiger partial charge in [0, 0.05) is 18.7 Å². The Labute approximate surface area is 110 Å². The lowest BCUT2D eigenvalue weighted by atomic mass is 10.2. The lowest BCUT2D eigenvalue weighted by molar-refractivity contribution is 0.533. The molecular weight excluding hydrogens is 294 g/mol. The molecule has 102 valence electrons. The zero-order chi connectivity index (χ0) is 13.8. The average Bonchev–Trinajstić information content (AvgIpc) is 2.22. The van der Waals surface area contributed by atoms with Gasteiger partial charge in [-0.15, -0.1) is 0 Å². The minimum atomic E-state index is -3.53. The lowest BCUT2D eigenvalue weighted by Gasteiger charge is -2.24. The number of hydrogen-bond acceptors (Lipinski definition) is 3. The summed E-state index contributed by atoms with van der Waals surface area (Å²) < 4.78 is 26.2. The second-order valence-electron chi connectivity index (χ2n) is 3.56. The fraction of sp³-hybridized carbons (Fsp3) is 0.143.